The Labute approximate surface area is 159 Å². The third kappa shape index (κ3) is 3.38. The van der Waals surface area contributed by atoms with E-state index in [0.717, 1.165) is 22.3 Å². The highest BCUT2D eigenvalue weighted by atomic mass is 32.1. The van der Waals surface area contributed by atoms with Crippen molar-refractivity contribution in [3.8, 4) is 0 Å². The Balaban J connectivity index is 1.51. The zero-order valence-corrected chi connectivity index (χ0v) is 15.9. The molecule has 27 heavy (non-hydrogen) atoms. The molecule has 0 saturated carbocycles. The van der Waals surface area contributed by atoms with Crippen molar-refractivity contribution >= 4 is 38.4 Å². The average Bonchev–Trinajstić information content (AvgIpc) is 3.28. The molecule has 0 aliphatic heterocycles. The van der Waals surface area contributed by atoms with E-state index in [2.05, 4.69) is 10.3 Å². The largest absolute Gasteiger partial charge is 0.459 e. The van der Waals surface area contributed by atoms with Crippen LogP contribution in [-0.2, 0) is 17.8 Å². The maximum Gasteiger partial charge on any atom is 0.262 e. The Kier molecular flexibility index (Phi) is 4.53. The van der Waals surface area contributed by atoms with Gasteiger partial charge in [0.2, 0.25) is 5.91 Å². The summed E-state index contributed by atoms with van der Waals surface area (Å²) in [6, 6.07) is 11.2. The van der Waals surface area contributed by atoms with Crippen LogP contribution in [0.1, 0.15) is 30.5 Å². The molecule has 0 bridgehead atoms. The van der Waals surface area contributed by atoms with Gasteiger partial charge in [-0.15, -0.1) is 11.3 Å². The topological polar surface area (TPSA) is 77.1 Å². The molecule has 1 atom stereocenters. The zero-order valence-electron chi connectivity index (χ0n) is 15.1. The van der Waals surface area contributed by atoms with E-state index in [1.165, 1.54) is 22.2 Å². The van der Waals surface area contributed by atoms with Gasteiger partial charge in [0.05, 0.1) is 17.8 Å². The fourth-order valence-electron chi connectivity index (χ4n) is 3.03. The second kappa shape index (κ2) is 7.00. The lowest BCUT2D eigenvalue weighted by molar-refractivity contribution is -0.122. The normalized spacial score (nSPS) is 12.5. The lowest BCUT2D eigenvalue weighted by atomic mass is 10.2. The summed E-state index contributed by atoms with van der Waals surface area (Å²) in [5.74, 6) is 0.410. The third-order valence-corrected chi connectivity index (χ3v) is 5.67. The molecule has 0 saturated heterocycles. The van der Waals surface area contributed by atoms with Crippen LogP contribution >= 0.6 is 11.3 Å². The molecule has 1 N–H and O–H groups in total. The minimum Gasteiger partial charge on any atom is -0.459 e. The highest BCUT2D eigenvalue weighted by molar-refractivity contribution is 7.18. The molecule has 1 amide bonds. The number of aromatic nitrogens is 2. The van der Waals surface area contributed by atoms with Crippen molar-refractivity contribution < 1.29 is 9.21 Å². The van der Waals surface area contributed by atoms with Crippen molar-refractivity contribution in [3.63, 3.8) is 0 Å². The van der Waals surface area contributed by atoms with Crippen molar-refractivity contribution in [2.24, 2.45) is 0 Å². The summed E-state index contributed by atoms with van der Waals surface area (Å²) < 4.78 is 7.13. The summed E-state index contributed by atoms with van der Waals surface area (Å²) in [7, 11) is 0. The number of nitrogens with zero attached hydrogens (tertiary/aromatic N) is 2. The number of para-hydroxylation sites is 1. The van der Waals surface area contributed by atoms with E-state index in [-0.39, 0.29) is 24.1 Å². The Bertz CT molecular complexity index is 1160. The summed E-state index contributed by atoms with van der Waals surface area (Å²) in [5.41, 5.74) is 0.589. The number of aryl methyl sites for hydroxylation is 1. The first kappa shape index (κ1) is 17.5. The van der Waals surface area contributed by atoms with Gasteiger partial charge in [-0.1, -0.05) is 25.1 Å². The van der Waals surface area contributed by atoms with E-state index >= 15 is 0 Å². The molecule has 3 aromatic heterocycles. The number of amides is 1. The molecule has 4 rings (SSSR count). The van der Waals surface area contributed by atoms with Crippen LogP contribution in [0.4, 0.5) is 0 Å². The fraction of sp³-hybridized carbons (Fsp3) is 0.250. The molecular weight excluding hydrogens is 362 g/mol. The SMILES string of the molecule is CCc1cc2c(=O)n(CC(=O)NC(C)c3cc4ccccc4o3)cnc2s1. The number of carbonyl (C=O) groups is 1. The van der Waals surface area contributed by atoms with E-state index in [9.17, 15) is 9.59 Å². The zero-order chi connectivity index (χ0) is 19.0. The Morgan fingerprint density at radius 2 is 2.15 bits per heavy atom. The van der Waals surface area contributed by atoms with Gasteiger partial charge >= 0.3 is 0 Å². The van der Waals surface area contributed by atoms with Gasteiger partial charge in [-0.3, -0.25) is 14.2 Å². The average molecular weight is 381 g/mol. The van der Waals surface area contributed by atoms with Crippen LogP contribution in [0, 0.1) is 0 Å². The summed E-state index contributed by atoms with van der Waals surface area (Å²) in [4.78, 5) is 31.2. The number of carbonyl (C=O) groups excluding carboxylic acids is 1. The quantitative estimate of drug-likeness (QED) is 0.572. The smallest absolute Gasteiger partial charge is 0.262 e. The number of hydrogen-bond acceptors (Lipinski definition) is 5. The predicted octanol–water partition coefficient (Wildman–Crippen LogP) is 3.64. The number of hydrogen-bond donors (Lipinski definition) is 1. The summed E-state index contributed by atoms with van der Waals surface area (Å²) >= 11 is 1.51. The Hall–Kier alpha value is -2.93. The van der Waals surface area contributed by atoms with Crippen LogP contribution < -0.4 is 10.9 Å². The monoisotopic (exact) mass is 381 g/mol. The number of fused-ring (bicyclic) bond motifs is 2. The van der Waals surface area contributed by atoms with Crippen molar-refractivity contribution in [3.05, 3.63) is 63.7 Å². The van der Waals surface area contributed by atoms with Crippen LogP contribution in [0.3, 0.4) is 0 Å². The first-order valence-electron chi connectivity index (χ1n) is 8.81. The molecule has 0 radical (unpaired) electrons. The van der Waals surface area contributed by atoms with Gasteiger partial charge < -0.3 is 9.73 Å². The van der Waals surface area contributed by atoms with Crippen LogP contribution in [0.2, 0.25) is 0 Å². The minimum atomic E-state index is -0.301. The molecule has 3 heterocycles. The standard InChI is InChI=1S/C20H19N3O3S/c1-3-14-9-15-19(27-14)21-11-23(20(15)25)10-18(24)22-12(2)17-8-13-6-4-5-7-16(13)26-17/h4-9,11-12H,3,10H2,1-2H3,(H,22,24). The van der Waals surface area contributed by atoms with E-state index in [0.29, 0.717) is 16.0 Å². The van der Waals surface area contributed by atoms with Crippen molar-refractivity contribution in [2.75, 3.05) is 0 Å². The fourth-order valence-corrected chi connectivity index (χ4v) is 3.95. The van der Waals surface area contributed by atoms with Gasteiger partial charge in [0.15, 0.2) is 0 Å². The predicted molar refractivity (Wildman–Crippen MR) is 106 cm³/mol. The lowest BCUT2D eigenvalue weighted by Crippen LogP contribution is -2.33. The molecule has 1 aromatic carbocycles. The van der Waals surface area contributed by atoms with E-state index in [1.807, 2.05) is 50.2 Å². The van der Waals surface area contributed by atoms with Gasteiger partial charge in [0.25, 0.3) is 5.56 Å². The third-order valence-electron chi connectivity index (χ3n) is 4.48. The minimum absolute atomic E-state index is 0.0797. The van der Waals surface area contributed by atoms with Crippen molar-refractivity contribution in [2.45, 2.75) is 32.9 Å². The first-order valence-corrected chi connectivity index (χ1v) is 9.62. The van der Waals surface area contributed by atoms with Gasteiger partial charge in [-0.05, 0) is 31.5 Å². The summed E-state index contributed by atoms with van der Waals surface area (Å²) in [6.45, 7) is 3.81. The maximum atomic E-state index is 12.6. The first-order chi connectivity index (χ1) is 13.0. The molecular formula is C20H19N3O3S. The molecule has 7 heteroatoms. The molecule has 6 nitrogen and oxygen atoms in total. The number of rotatable bonds is 5. The lowest BCUT2D eigenvalue weighted by Gasteiger charge is -2.12. The van der Waals surface area contributed by atoms with E-state index in [4.69, 9.17) is 4.42 Å². The van der Waals surface area contributed by atoms with Crippen LogP contribution in [0.5, 0.6) is 0 Å². The van der Waals surface area contributed by atoms with E-state index in [1.54, 1.807) is 0 Å². The Morgan fingerprint density at radius 3 is 2.93 bits per heavy atom. The van der Waals surface area contributed by atoms with E-state index < -0.39 is 0 Å². The van der Waals surface area contributed by atoms with Gasteiger partial charge in [-0.2, -0.15) is 0 Å². The number of nitrogens with one attached hydrogen (secondary N) is 1. The highest BCUT2D eigenvalue weighted by Gasteiger charge is 2.16. The van der Waals surface area contributed by atoms with Gasteiger partial charge in [-0.25, -0.2) is 4.98 Å². The van der Waals surface area contributed by atoms with Gasteiger partial charge in [0.1, 0.15) is 22.7 Å². The Morgan fingerprint density at radius 1 is 1.33 bits per heavy atom. The second-order valence-electron chi connectivity index (χ2n) is 6.44. The second-order valence-corrected chi connectivity index (χ2v) is 7.55. The molecule has 1 unspecified atom stereocenters. The van der Waals surface area contributed by atoms with Crippen LogP contribution in [0.15, 0.2) is 51.9 Å². The summed E-state index contributed by atoms with van der Waals surface area (Å²) in [6.07, 6.45) is 2.29. The molecule has 138 valence electrons. The number of furan rings is 1. The number of benzene rings is 1. The maximum absolute atomic E-state index is 12.6. The van der Waals surface area contributed by atoms with Gasteiger partial charge in [0, 0.05) is 10.3 Å². The number of thiophene rings is 1. The molecule has 0 fully saturated rings. The van der Waals surface area contributed by atoms with Crippen LogP contribution in [0.25, 0.3) is 21.2 Å². The molecule has 0 aliphatic carbocycles. The molecule has 4 aromatic rings. The molecule has 0 spiro atoms. The van der Waals surface area contributed by atoms with Crippen LogP contribution in [-0.4, -0.2) is 15.5 Å². The van der Waals surface area contributed by atoms with Crippen molar-refractivity contribution in [1.29, 1.82) is 0 Å². The van der Waals surface area contributed by atoms with Crippen molar-refractivity contribution in [1.82, 2.24) is 14.9 Å². The highest BCUT2D eigenvalue weighted by Crippen LogP contribution is 2.23. The summed E-state index contributed by atoms with van der Waals surface area (Å²) in [5, 5.41) is 4.44. The molecule has 0 aliphatic rings.